The topological polar surface area (TPSA) is 122 Å². The highest BCUT2D eigenvalue weighted by Crippen LogP contribution is 2.24. The van der Waals surface area contributed by atoms with Gasteiger partial charge in [-0.2, -0.15) is 0 Å². The molecular formula is C13H16ClN3O4. The first-order valence-corrected chi connectivity index (χ1v) is 6.50. The van der Waals surface area contributed by atoms with Crippen LogP contribution in [0.25, 0.3) is 0 Å². The van der Waals surface area contributed by atoms with Crippen molar-refractivity contribution in [2.24, 2.45) is 11.7 Å². The Kier molecular flexibility index (Phi) is 5.54. The molecule has 21 heavy (non-hydrogen) atoms. The van der Waals surface area contributed by atoms with E-state index < -0.39 is 23.9 Å². The summed E-state index contributed by atoms with van der Waals surface area (Å²) in [5.41, 5.74) is 4.98. The molecular weight excluding hydrogens is 298 g/mol. The Labute approximate surface area is 126 Å². The number of aromatic carboxylic acids is 1. The van der Waals surface area contributed by atoms with Crippen molar-refractivity contribution in [1.82, 2.24) is 5.32 Å². The maximum atomic E-state index is 11.9. The molecule has 1 aromatic rings. The van der Waals surface area contributed by atoms with Crippen molar-refractivity contribution in [2.45, 2.75) is 19.9 Å². The minimum absolute atomic E-state index is 0.00406. The van der Waals surface area contributed by atoms with Crippen molar-refractivity contribution < 1.29 is 19.5 Å². The van der Waals surface area contributed by atoms with Gasteiger partial charge in [0.15, 0.2) is 0 Å². The molecule has 0 saturated carbocycles. The van der Waals surface area contributed by atoms with Crippen LogP contribution >= 0.6 is 11.6 Å². The number of primary amides is 1. The third-order valence-electron chi connectivity index (χ3n) is 2.74. The second kappa shape index (κ2) is 6.94. The second-order valence-electron chi connectivity index (χ2n) is 4.69. The molecule has 1 unspecified atom stereocenters. The number of hydrogen-bond donors (Lipinski definition) is 4. The number of carbonyl (C=O) groups is 3. The lowest BCUT2D eigenvalue weighted by atomic mass is 10.0. The summed E-state index contributed by atoms with van der Waals surface area (Å²) in [6.45, 7) is 3.44. The minimum Gasteiger partial charge on any atom is -0.478 e. The Bertz CT molecular complexity index is 575. The number of nitrogens with one attached hydrogen (secondary N) is 2. The van der Waals surface area contributed by atoms with Crippen LogP contribution in [0.4, 0.5) is 10.5 Å². The van der Waals surface area contributed by atoms with Crippen LogP contribution in [0.5, 0.6) is 0 Å². The number of carbonyl (C=O) groups excluding carboxylic acids is 2. The molecule has 0 aliphatic heterocycles. The monoisotopic (exact) mass is 313 g/mol. The first-order chi connectivity index (χ1) is 9.73. The minimum atomic E-state index is -1.27. The SMILES string of the molecule is CC(C)C(NC(=O)Nc1cccc(Cl)c1C(=O)O)C(N)=O. The van der Waals surface area contributed by atoms with Crippen molar-refractivity contribution >= 4 is 35.2 Å². The van der Waals surface area contributed by atoms with Gasteiger partial charge in [0.1, 0.15) is 11.6 Å². The molecule has 1 atom stereocenters. The summed E-state index contributed by atoms with van der Waals surface area (Å²) in [6.07, 6.45) is 0. The molecule has 0 aromatic heterocycles. The normalized spacial score (nSPS) is 11.8. The molecule has 1 rings (SSSR count). The number of urea groups is 1. The molecule has 0 fully saturated rings. The van der Waals surface area contributed by atoms with E-state index in [-0.39, 0.29) is 22.2 Å². The van der Waals surface area contributed by atoms with Crippen LogP contribution in [0.2, 0.25) is 5.02 Å². The first-order valence-electron chi connectivity index (χ1n) is 6.12. The molecule has 8 heteroatoms. The fourth-order valence-corrected chi connectivity index (χ4v) is 1.97. The predicted molar refractivity (Wildman–Crippen MR) is 78.4 cm³/mol. The quantitative estimate of drug-likeness (QED) is 0.660. The molecule has 0 spiro atoms. The van der Waals surface area contributed by atoms with Crippen LogP contribution in [-0.4, -0.2) is 29.1 Å². The molecule has 0 bridgehead atoms. The lowest BCUT2D eigenvalue weighted by molar-refractivity contribution is -0.120. The Morgan fingerprint density at radius 1 is 1.29 bits per heavy atom. The number of nitrogens with two attached hydrogens (primary N) is 1. The van der Waals surface area contributed by atoms with E-state index in [2.05, 4.69) is 10.6 Å². The van der Waals surface area contributed by atoms with Crippen LogP contribution in [0, 0.1) is 5.92 Å². The number of rotatable bonds is 5. The van der Waals surface area contributed by atoms with Gasteiger partial charge in [-0.1, -0.05) is 31.5 Å². The Balaban J connectivity index is 2.92. The zero-order chi connectivity index (χ0) is 16.2. The van der Waals surface area contributed by atoms with Crippen LogP contribution < -0.4 is 16.4 Å². The number of halogens is 1. The molecule has 0 saturated heterocycles. The van der Waals surface area contributed by atoms with Gasteiger partial charge in [-0.05, 0) is 18.1 Å². The van der Waals surface area contributed by atoms with E-state index in [0.717, 1.165) is 0 Å². The molecule has 5 N–H and O–H groups in total. The fourth-order valence-electron chi connectivity index (χ4n) is 1.71. The lowest BCUT2D eigenvalue weighted by Gasteiger charge is -2.19. The number of carboxylic acids is 1. The Hall–Kier alpha value is -2.28. The van der Waals surface area contributed by atoms with E-state index in [1.54, 1.807) is 13.8 Å². The summed E-state index contributed by atoms with van der Waals surface area (Å²) < 4.78 is 0. The molecule has 0 aliphatic carbocycles. The zero-order valence-electron chi connectivity index (χ0n) is 11.5. The summed E-state index contributed by atoms with van der Waals surface area (Å²) in [6, 6.07) is 2.69. The summed E-state index contributed by atoms with van der Waals surface area (Å²) in [4.78, 5) is 34.2. The molecule has 114 valence electrons. The molecule has 7 nitrogen and oxygen atoms in total. The molecule has 0 radical (unpaired) electrons. The number of benzene rings is 1. The zero-order valence-corrected chi connectivity index (χ0v) is 12.3. The lowest BCUT2D eigenvalue weighted by Crippen LogP contribution is -2.49. The average Bonchev–Trinajstić information content (AvgIpc) is 2.34. The van der Waals surface area contributed by atoms with Crippen molar-refractivity contribution in [1.29, 1.82) is 0 Å². The van der Waals surface area contributed by atoms with Crippen LogP contribution in [0.1, 0.15) is 24.2 Å². The van der Waals surface area contributed by atoms with Gasteiger partial charge >= 0.3 is 12.0 Å². The van der Waals surface area contributed by atoms with Gasteiger partial charge in [0.25, 0.3) is 0 Å². The van der Waals surface area contributed by atoms with Gasteiger partial charge in [0, 0.05) is 0 Å². The third-order valence-corrected chi connectivity index (χ3v) is 3.05. The highest BCUT2D eigenvalue weighted by Gasteiger charge is 2.23. The Morgan fingerprint density at radius 2 is 1.90 bits per heavy atom. The highest BCUT2D eigenvalue weighted by atomic mass is 35.5. The van der Waals surface area contributed by atoms with Gasteiger partial charge in [-0.15, -0.1) is 0 Å². The number of amides is 3. The summed E-state index contributed by atoms with van der Waals surface area (Å²) >= 11 is 5.79. The van der Waals surface area contributed by atoms with Crippen molar-refractivity contribution in [3.8, 4) is 0 Å². The van der Waals surface area contributed by atoms with E-state index in [4.69, 9.17) is 22.4 Å². The third kappa shape index (κ3) is 4.35. The molecule has 0 aliphatic rings. The van der Waals surface area contributed by atoms with Gasteiger partial charge in [-0.25, -0.2) is 9.59 Å². The fraction of sp³-hybridized carbons (Fsp3) is 0.308. The van der Waals surface area contributed by atoms with Gasteiger partial charge in [0.05, 0.1) is 10.7 Å². The molecule has 0 heterocycles. The average molecular weight is 314 g/mol. The Morgan fingerprint density at radius 3 is 2.38 bits per heavy atom. The largest absolute Gasteiger partial charge is 0.478 e. The van der Waals surface area contributed by atoms with E-state index in [0.29, 0.717) is 0 Å². The van der Waals surface area contributed by atoms with Gasteiger partial charge in [-0.3, -0.25) is 4.79 Å². The smallest absolute Gasteiger partial charge is 0.339 e. The van der Waals surface area contributed by atoms with E-state index in [9.17, 15) is 14.4 Å². The van der Waals surface area contributed by atoms with Crippen molar-refractivity contribution in [3.63, 3.8) is 0 Å². The number of anilines is 1. The van der Waals surface area contributed by atoms with Crippen molar-refractivity contribution in [3.05, 3.63) is 28.8 Å². The standard InChI is InChI=1S/C13H16ClN3O4/c1-6(2)10(11(15)18)17-13(21)16-8-5-3-4-7(14)9(8)12(19)20/h3-6,10H,1-2H3,(H2,15,18)(H,19,20)(H2,16,17,21). The summed E-state index contributed by atoms with van der Waals surface area (Å²) in [7, 11) is 0. The molecule has 1 aromatic carbocycles. The van der Waals surface area contributed by atoms with E-state index in [1.165, 1.54) is 18.2 Å². The number of carboxylic acid groups (broad SMARTS) is 1. The first kappa shape index (κ1) is 16.8. The van der Waals surface area contributed by atoms with E-state index in [1.807, 2.05) is 0 Å². The van der Waals surface area contributed by atoms with Gasteiger partial charge in [0.2, 0.25) is 5.91 Å². The predicted octanol–water partition coefficient (Wildman–Crippen LogP) is 1.67. The number of hydrogen-bond acceptors (Lipinski definition) is 3. The van der Waals surface area contributed by atoms with Crippen LogP contribution in [-0.2, 0) is 4.79 Å². The second-order valence-corrected chi connectivity index (χ2v) is 5.10. The summed E-state index contributed by atoms with van der Waals surface area (Å²) in [5.74, 6) is -2.15. The van der Waals surface area contributed by atoms with Crippen molar-refractivity contribution in [2.75, 3.05) is 5.32 Å². The maximum Gasteiger partial charge on any atom is 0.339 e. The summed E-state index contributed by atoms with van der Waals surface area (Å²) in [5, 5.41) is 13.8. The van der Waals surface area contributed by atoms with Crippen LogP contribution in [0.15, 0.2) is 18.2 Å². The van der Waals surface area contributed by atoms with E-state index >= 15 is 0 Å². The van der Waals surface area contributed by atoms with Crippen LogP contribution in [0.3, 0.4) is 0 Å². The maximum absolute atomic E-state index is 11.9. The molecule has 3 amide bonds. The van der Waals surface area contributed by atoms with Gasteiger partial charge < -0.3 is 21.5 Å². The highest BCUT2D eigenvalue weighted by molar-refractivity contribution is 6.34.